The predicted molar refractivity (Wildman–Crippen MR) is 80.5 cm³/mol. The minimum Gasteiger partial charge on any atom is -0.466 e. The number of carbonyl (C=O) groups excluding carboxylic acids is 3. The lowest BCUT2D eigenvalue weighted by Gasteiger charge is -2.08. The summed E-state index contributed by atoms with van der Waals surface area (Å²) in [5.74, 6) is -0.435. The van der Waals surface area contributed by atoms with Crippen LogP contribution in [0.3, 0.4) is 0 Å². The summed E-state index contributed by atoms with van der Waals surface area (Å²) in [6.07, 6.45) is -0.201. The second-order valence-electron chi connectivity index (χ2n) is 4.43. The molecule has 0 bridgehead atoms. The molecule has 0 saturated heterocycles. The van der Waals surface area contributed by atoms with Crippen LogP contribution in [0.5, 0.6) is 0 Å². The molecule has 0 saturated carbocycles. The number of rotatable bonds is 4. The molecule has 7 heteroatoms. The van der Waals surface area contributed by atoms with Crippen molar-refractivity contribution < 1.29 is 23.9 Å². The molecule has 2 aromatic rings. The van der Waals surface area contributed by atoms with E-state index >= 15 is 0 Å². The Morgan fingerprint density at radius 1 is 1.36 bits per heavy atom. The Balaban J connectivity index is 2.64. The molecule has 6 nitrogen and oxygen atoms in total. The maximum Gasteiger partial charge on any atom is 0.418 e. The Morgan fingerprint density at radius 3 is 2.68 bits per heavy atom. The van der Waals surface area contributed by atoms with Gasteiger partial charge in [-0.15, -0.1) is 0 Å². The molecular weight excluding hydrogens is 310 g/mol. The summed E-state index contributed by atoms with van der Waals surface area (Å²) in [6.45, 7) is 1.97. The van der Waals surface area contributed by atoms with Crippen molar-refractivity contribution in [3.05, 3.63) is 34.5 Å². The third kappa shape index (κ3) is 2.82. The second-order valence-corrected chi connectivity index (χ2v) is 4.84. The summed E-state index contributed by atoms with van der Waals surface area (Å²) in [4.78, 5) is 34.7. The van der Waals surface area contributed by atoms with Gasteiger partial charge in [0.25, 0.3) is 0 Å². The van der Waals surface area contributed by atoms with E-state index < -0.39 is 12.1 Å². The monoisotopic (exact) mass is 323 g/mol. The van der Waals surface area contributed by atoms with Crippen LogP contribution in [0.2, 0.25) is 5.02 Å². The molecule has 116 valence electrons. The van der Waals surface area contributed by atoms with Gasteiger partial charge in [0.05, 0.1) is 31.3 Å². The van der Waals surface area contributed by atoms with E-state index in [0.29, 0.717) is 27.8 Å². The van der Waals surface area contributed by atoms with Gasteiger partial charge in [0.1, 0.15) is 0 Å². The van der Waals surface area contributed by atoms with Gasteiger partial charge in [0.2, 0.25) is 0 Å². The van der Waals surface area contributed by atoms with Crippen molar-refractivity contribution in [1.82, 2.24) is 4.57 Å². The first-order chi connectivity index (χ1) is 10.5. The van der Waals surface area contributed by atoms with Crippen LogP contribution in [0.4, 0.5) is 4.79 Å². The molecule has 0 aliphatic rings. The van der Waals surface area contributed by atoms with Crippen molar-refractivity contribution in [2.24, 2.45) is 0 Å². The number of carbonyl (C=O) groups is 3. The van der Waals surface area contributed by atoms with Gasteiger partial charge in [-0.2, -0.15) is 0 Å². The second kappa shape index (κ2) is 6.62. The van der Waals surface area contributed by atoms with E-state index in [2.05, 4.69) is 4.74 Å². The smallest absolute Gasteiger partial charge is 0.418 e. The van der Waals surface area contributed by atoms with Crippen molar-refractivity contribution in [2.75, 3.05) is 13.7 Å². The Morgan fingerprint density at radius 2 is 2.09 bits per heavy atom. The third-order valence-electron chi connectivity index (χ3n) is 3.17. The molecule has 0 spiro atoms. The number of nitrogens with zero attached hydrogens (tertiary/aromatic N) is 1. The highest BCUT2D eigenvalue weighted by molar-refractivity contribution is 6.32. The van der Waals surface area contributed by atoms with Crippen LogP contribution in [0.1, 0.15) is 23.0 Å². The van der Waals surface area contributed by atoms with Crippen LogP contribution in [0, 0.1) is 0 Å². The number of esters is 1. The minimum atomic E-state index is -0.693. The number of hydrogen-bond acceptors (Lipinski definition) is 5. The fourth-order valence-electron chi connectivity index (χ4n) is 2.25. The van der Waals surface area contributed by atoms with E-state index in [4.69, 9.17) is 16.3 Å². The van der Waals surface area contributed by atoms with E-state index in [0.717, 1.165) is 4.57 Å². The maximum absolute atomic E-state index is 11.8. The largest absolute Gasteiger partial charge is 0.466 e. The summed E-state index contributed by atoms with van der Waals surface area (Å²) >= 11 is 6.14. The zero-order valence-electron chi connectivity index (χ0n) is 12.1. The molecule has 22 heavy (non-hydrogen) atoms. The zero-order valence-corrected chi connectivity index (χ0v) is 12.8. The van der Waals surface area contributed by atoms with Crippen molar-refractivity contribution in [2.45, 2.75) is 13.3 Å². The lowest BCUT2D eigenvalue weighted by molar-refractivity contribution is -0.142. The van der Waals surface area contributed by atoms with Crippen molar-refractivity contribution in [3.8, 4) is 0 Å². The average Bonchev–Trinajstić information content (AvgIpc) is 2.88. The van der Waals surface area contributed by atoms with Gasteiger partial charge in [0.15, 0.2) is 6.29 Å². The first-order valence-corrected chi connectivity index (χ1v) is 6.93. The number of fused-ring (bicyclic) bond motifs is 1. The Labute approximate surface area is 131 Å². The highest BCUT2D eigenvalue weighted by Crippen LogP contribution is 2.29. The molecule has 0 aliphatic heterocycles. The van der Waals surface area contributed by atoms with Crippen LogP contribution in [0.25, 0.3) is 10.9 Å². The zero-order chi connectivity index (χ0) is 16.3. The molecule has 0 N–H and O–H groups in total. The van der Waals surface area contributed by atoms with Crippen LogP contribution in [-0.4, -0.2) is 36.6 Å². The summed E-state index contributed by atoms with van der Waals surface area (Å²) in [5, 5.41) is 0.896. The first kappa shape index (κ1) is 16.0. The number of methoxy groups -OCH3 is 1. The normalized spacial score (nSPS) is 10.5. The first-order valence-electron chi connectivity index (χ1n) is 6.55. The van der Waals surface area contributed by atoms with E-state index in [1.54, 1.807) is 19.1 Å². The van der Waals surface area contributed by atoms with E-state index in [9.17, 15) is 14.4 Å². The van der Waals surface area contributed by atoms with Gasteiger partial charge in [-0.1, -0.05) is 11.6 Å². The molecule has 0 fully saturated rings. The number of halogens is 1. The topological polar surface area (TPSA) is 74.6 Å². The van der Waals surface area contributed by atoms with Crippen LogP contribution >= 0.6 is 11.6 Å². The summed E-state index contributed by atoms with van der Waals surface area (Å²) in [6, 6.07) is 4.66. The fourth-order valence-corrected chi connectivity index (χ4v) is 2.48. The van der Waals surface area contributed by atoms with E-state index in [1.807, 2.05) is 0 Å². The molecule has 2 rings (SSSR count). The molecular formula is C15H14ClNO5. The highest BCUT2D eigenvalue weighted by atomic mass is 35.5. The Hall–Kier alpha value is -2.34. The number of aromatic nitrogens is 1. The molecule has 0 radical (unpaired) electrons. The number of benzene rings is 1. The van der Waals surface area contributed by atoms with Crippen molar-refractivity contribution in [1.29, 1.82) is 0 Å². The van der Waals surface area contributed by atoms with Gasteiger partial charge in [-0.25, -0.2) is 9.36 Å². The SMILES string of the molecule is CCOC(=O)Cc1c(Cl)ccc2c1cc(C=O)n2C(=O)OC. The van der Waals surface area contributed by atoms with Crippen LogP contribution < -0.4 is 0 Å². The highest BCUT2D eigenvalue weighted by Gasteiger charge is 2.20. The fraction of sp³-hybridized carbons (Fsp3) is 0.267. The number of ether oxygens (including phenoxy) is 2. The van der Waals surface area contributed by atoms with Gasteiger partial charge in [0, 0.05) is 10.4 Å². The van der Waals surface area contributed by atoms with Crippen molar-refractivity contribution >= 4 is 40.9 Å². The average molecular weight is 324 g/mol. The van der Waals surface area contributed by atoms with Gasteiger partial charge in [-0.3, -0.25) is 9.59 Å². The van der Waals surface area contributed by atoms with Crippen LogP contribution in [0.15, 0.2) is 18.2 Å². The number of aldehydes is 1. The maximum atomic E-state index is 11.8. The molecule has 0 amide bonds. The van der Waals surface area contributed by atoms with E-state index in [-0.39, 0.29) is 18.7 Å². The van der Waals surface area contributed by atoms with Crippen LogP contribution in [-0.2, 0) is 20.7 Å². The lowest BCUT2D eigenvalue weighted by atomic mass is 10.1. The quantitative estimate of drug-likeness (QED) is 0.639. The van der Waals surface area contributed by atoms with Gasteiger partial charge < -0.3 is 9.47 Å². The lowest BCUT2D eigenvalue weighted by Crippen LogP contribution is -2.14. The van der Waals surface area contributed by atoms with Crippen molar-refractivity contribution in [3.63, 3.8) is 0 Å². The summed E-state index contributed by atoms with van der Waals surface area (Å²) in [5.41, 5.74) is 1.07. The third-order valence-corrected chi connectivity index (χ3v) is 3.53. The van der Waals surface area contributed by atoms with Gasteiger partial charge >= 0.3 is 12.1 Å². The molecule has 0 unspecified atom stereocenters. The molecule has 1 aromatic heterocycles. The van der Waals surface area contributed by atoms with Gasteiger partial charge in [-0.05, 0) is 30.7 Å². The number of hydrogen-bond donors (Lipinski definition) is 0. The summed E-state index contributed by atoms with van der Waals surface area (Å²) < 4.78 is 10.7. The van der Waals surface area contributed by atoms with E-state index in [1.165, 1.54) is 13.2 Å². The Bertz CT molecular complexity index is 750. The summed E-state index contributed by atoms with van der Waals surface area (Å²) in [7, 11) is 1.22. The molecule has 1 heterocycles. The molecule has 0 aliphatic carbocycles. The Kier molecular flexibility index (Phi) is 4.82. The molecule has 0 atom stereocenters. The standard InChI is InChI=1S/C15H14ClNO5/c1-3-22-14(19)7-10-11-6-9(8-18)17(15(20)21-2)13(11)5-4-12(10)16/h4-6,8H,3,7H2,1-2H3. The minimum absolute atomic E-state index is 0.0481. The predicted octanol–water partition coefficient (Wildman–Crippen LogP) is 2.83. The molecule has 1 aromatic carbocycles.